The van der Waals surface area contributed by atoms with Crippen molar-refractivity contribution in [2.24, 2.45) is 17.0 Å². The van der Waals surface area contributed by atoms with Crippen LogP contribution >= 0.6 is 0 Å². The Labute approximate surface area is 213 Å². The zero-order valence-electron chi connectivity index (χ0n) is 21.9. The highest BCUT2D eigenvalue weighted by molar-refractivity contribution is 7.87. The molecule has 2 heterocycles. The molecule has 0 spiro atoms. The lowest BCUT2D eigenvalue weighted by atomic mass is 9.82. The third kappa shape index (κ3) is 6.47. The Bertz CT molecular complexity index is 1180. The first-order valence-electron chi connectivity index (χ1n) is 12.0. The lowest BCUT2D eigenvalue weighted by Crippen LogP contribution is -2.48. The standard InChI is InChI=1S/C24H37N5O6S/c1-7-16(14-29(36(25,31)32)23(30)35-24(2,3)4)17-8-10-28(11-9-17)22-18-12-20(33-5)21(34-6)13-19(18)26-15-27-22/h12-13,15-17H,7-11,14H2,1-6H3,(H2,25,31,32). The van der Waals surface area contributed by atoms with Crippen molar-refractivity contribution in [1.29, 1.82) is 0 Å². The normalized spacial score (nSPS) is 16.0. The molecule has 11 nitrogen and oxygen atoms in total. The van der Waals surface area contributed by atoms with Crippen LogP contribution in [0.1, 0.15) is 47.0 Å². The van der Waals surface area contributed by atoms with Gasteiger partial charge in [0.2, 0.25) is 0 Å². The van der Waals surface area contributed by atoms with Crippen molar-refractivity contribution in [3.8, 4) is 11.5 Å². The fourth-order valence-electron chi connectivity index (χ4n) is 4.62. The van der Waals surface area contributed by atoms with E-state index in [0.717, 1.165) is 42.7 Å². The van der Waals surface area contributed by atoms with E-state index >= 15 is 0 Å². The van der Waals surface area contributed by atoms with E-state index in [1.807, 2.05) is 19.1 Å². The number of aromatic nitrogens is 2. The van der Waals surface area contributed by atoms with Gasteiger partial charge in [0.15, 0.2) is 11.5 Å². The van der Waals surface area contributed by atoms with Crippen LogP contribution in [0.5, 0.6) is 11.5 Å². The van der Waals surface area contributed by atoms with Crippen LogP contribution in [0.3, 0.4) is 0 Å². The first-order chi connectivity index (χ1) is 16.9. The molecule has 0 radical (unpaired) electrons. The van der Waals surface area contributed by atoms with E-state index in [0.29, 0.717) is 22.2 Å². The summed E-state index contributed by atoms with van der Waals surface area (Å²) in [6.07, 6.45) is 2.91. The van der Waals surface area contributed by atoms with Crippen molar-refractivity contribution >= 4 is 33.0 Å². The Kier molecular flexibility index (Phi) is 8.50. The summed E-state index contributed by atoms with van der Waals surface area (Å²) in [5, 5.41) is 6.25. The summed E-state index contributed by atoms with van der Waals surface area (Å²) in [5.41, 5.74) is -0.0764. The van der Waals surface area contributed by atoms with Gasteiger partial charge in [-0.3, -0.25) is 0 Å². The van der Waals surface area contributed by atoms with Crippen molar-refractivity contribution < 1.29 is 27.4 Å². The van der Waals surface area contributed by atoms with Gasteiger partial charge >= 0.3 is 16.3 Å². The van der Waals surface area contributed by atoms with E-state index in [2.05, 4.69) is 14.9 Å². The van der Waals surface area contributed by atoms with Crippen LogP contribution in [0.4, 0.5) is 10.6 Å². The van der Waals surface area contributed by atoms with Crippen molar-refractivity contribution in [2.75, 3.05) is 38.8 Å². The van der Waals surface area contributed by atoms with E-state index in [1.165, 1.54) is 6.33 Å². The van der Waals surface area contributed by atoms with Gasteiger partial charge in [-0.1, -0.05) is 13.3 Å². The quantitative estimate of drug-likeness (QED) is 0.552. The van der Waals surface area contributed by atoms with Gasteiger partial charge in [0.05, 0.1) is 19.7 Å². The molecule has 2 N–H and O–H groups in total. The first kappa shape index (κ1) is 27.7. The van der Waals surface area contributed by atoms with Crippen molar-refractivity contribution in [3.63, 3.8) is 0 Å². The van der Waals surface area contributed by atoms with Crippen LogP contribution in [0.2, 0.25) is 0 Å². The molecule has 1 amide bonds. The summed E-state index contributed by atoms with van der Waals surface area (Å²) in [6, 6.07) is 3.72. The number of amides is 1. The van der Waals surface area contributed by atoms with Crippen LogP contribution in [0, 0.1) is 11.8 Å². The molecule has 1 atom stereocenters. The third-order valence-corrected chi connectivity index (χ3v) is 7.37. The molecule has 0 bridgehead atoms. The van der Waals surface area contributed by atoms with Crippen LogP contribution in [-0.4, -0.2) is 68.2 Å². The van der Waals surface area contributed by atoms with E-state index in [9.17, 15) is 13.2 Å². The number of ether oxygens (including phenoxy) is 3. The number of methoxy groups -OCH3 is 2. The molecule has 1 aliphatic heterocycles. The fraction of sp³-hybridized carbons (Fsp3) is 0.625. The number of anilines is 1. The van der Waals surface area contributed by atoms with Crippen LogP contribution in [-0.2, 0) is 14.9 Å². The van der Waals surface area contributed by atoms with Gasteiger partial charge in [0, 0.05) is 31.1 Å². The van der Waals surface area contributed by atoms with Gasteiger partial charge in [-0.15, -0.1) is 0 Å². The monoisotopic (exact) mass is 523 g/mol. The molecule has 1 aromatic carbocycles. The average molecular weight is 524 g/mol. The van der Waals surface area contributed by atoms with Crippen LogP contribution in [0.25, 0.3) is 10.9 Å². The minimum Gasteiger partial charge on any atom is -0.493 e. The molecule has 1 unspecified atom stereocenters. The van der Waals surface area contributed by atoms with E-state index in [1.54, 1.807) is 35.0 Å². The highest BCUT2D eigenvalue weighted by Gasteiger charge is 2.35. The summed E-state index contributed by atoms with van der Waals surface area (Å²) in [5.74, 6) is 2.17. The number of rotatable bonds is 8. The molecule has 1 saturated heterocycles. The maximum Gasteiger partial charge on any atom is 0.425 e. The van der Waals surface area contributed by atoms with Crippen LogP contribution < -0.4 is 19.5 Å². The molecule has 200 valence electrons. The SMILES string of the molecule is CCC(CN(C(=O)OC(C)(C)C)S(N)(=O)=O)C1CCN(c2ncnc3cc(OC)c(OC)cc23)CC1. The fourth-order valence-corrected chi connectivity index (χ4v) is 5.27. The number of hydrogen-bond acceptors (Lipinski definition) is 9. The number of nitrogens with zero attached hydrogens (tertiary/aromatic N) is 4. The second-order valence-corrected chi connectivity index (χ2v) is 11.4. The molecule has 2 aromatic rings. The molecule has 0 saturated carbocycles. The molecule has 1 aromatic heterocycles. The van der Waals surface area contributed by atoms with E-state index < -0.39 is 21.9 Å². The summed E-state index contributed by atoms with van der Waals surface area (Å²) >= 11 is 0. The Hall–Kier alpha value is -2.86. The third-order valence-electron chi connectivity index (χ3n) is 6.45. The highest BCUT2D eigenvalue weighted by atomic mass is 32.2. The maximum atomic E-state index is 12.6. The zero-order valence-corrected chi connectivity index (χ0v) is 22.7. The number of piperidine rings is 1. The van der Waals surface area contributed by atoms with Crippen LogP contribution in [0.15, 0.2) is 18.5 Å². The van der Waals surface area contributed by atoms with E-state index in [4.69, 9.17) is 19.3 Å². The topological polar surface area (TPSA) is 137 Å². The lowest BCUT2D eigenvalue weighted by molar-refractivity contribution is 0.0354. The second-order valence-electron chi connectivity index (χ2n) is 9.97. The van der Waals surface area contributed by atoms with Gasteiger partial charge in [-0.25, -0.2) is 19.9 Å². The Morgan fingerprint density at radius 3 is 2.31 bits per heavy atom. The first-order valence-corrected chi connectivity index (χ1v) is 13.5. The van der Waals surface area contributed by atoms with Gasteiger partial charge in [-0.05, 0) is 51.5 Å². The largest absolute Gasteiger partial charge is 0.493 e. The predicted octanol–water partition coefficient (Wildman–Crippen LogP) is 3.33. The highest BCUT2D eigenvalue weighted by Crippen LogP contribution is 2.37. The average Bonchev–Trinajstić information content (AvgIpc) is 2.81. The smallest absolute Gasteiger partial charge is 0.425 e. The van der Waals surface area contributed by atoms with Gasteiger partial charge in [-0.2, -0.15) is 12.7 Å². The number of carbonyl (C=O) groups is 1. The second kappa shape index (κ2) is 11.0. The van der Waals surface area contributed by atoms with E-state index in [-0.39, 0.29) is 18.4 Å². The molecular formula is C24H37N5O6S. The van der Waals surface area contributed by atoms with Gasteiger partial charge in [0.1, 0.15) is 17.7 Å². The predicted molar refractivity (Wildman–Crippen MR) is 137 cm³/mol. The summed E-state index contributed by atoms with van der Waals surface area (Å²) in [6.45, 7) is 8.48. The number of nitrogens with two attached hydrogens (primary N) is 1. The maximum absolute atomic E-state index is 12.6. The minimum absolute atomic E-state index is 0.0116. The number of carbonyl (C=O) groups excluding carboxylic acids is 1. The molecule has 3 rings (SSSR count). The van der Waals surface area contributed by atoms with Gasteiger partial charge < -0.3 is 19.1 Å². The minimum atomic E-state index is -4.26. The van der Waals surface area contributed by atoms with Crippen molar-refractivity contribution in [2.45, 2.75) is 52.6 Å². The number of fused-ring (bicyclic) bond motifs is 1. The lowest BCUT2D eigenvalue weighted by Gasteiger charge is -2.38. The van der Waals surface area contributed by atoms with Gasteiger partial charge in [0.25, 0.3) is 0 Å². The summed E-state index contributed by atoms with van der Waals surface area (Å²) < 4.78 is 41.2. The molecule has 1 fully saturated rings. The van der Waals surface area contributed by atoms with Crippen molar-refractivity contribution in [3.05, 3.63) is 18.5 Å². The zero-order chi connectivity index (χ0) is 26.7. The Morgan fingerprint density at radius 1 is 1.17 bits per heavy atom. The molecule has 0 aliphatic carbocycles. The Balaban J connectivity index is 1.76. The number of hydrogen-bond donors (Lipinski definition) is 1. The Morgan fingerprint density at radius 2 is 1.78 bits per heavy atom. The molecule has 1 aliphatic rings. The summed E-state index contributed by atoms with van der Waals surface area (Å²) in [7, 11) is -1.09. The summed E-state index contributed by atoms with van der Waals surface area (Å²) in [4.78, 5) is 23.7. The molecule has 12 heteroatoms. The molecule has 36 heavy (non-hydrogen) atoms. The number of benzene rings is 1. The molecular weight excluding hydrogens is 486 g/mol. The van der Waals surface area contributed by atoms with Crippen molar-refractivity contribution in [1.82, 2.24) is 14.3 Å².